The Morgan fingerprint density at radius 3 is 1.10 bits per heavy atom. The van der Waals surface area contributed by atoms with Crippen LogP contribution in [0.2, 0.25) is 4.44 Å². The van der Waals surface area contributed by atoms with Crippen molar-refractivity contribution in [2.24, 2.45) is 0 Å². The van der Waals surface area contributed by atoms with Gasteiger partial charge in [-0.1, -0.05) is 39.5 Å². The SMILES string of the molecule is CCCCC(O)(CC(=O)[O-])C(=O)[O-].CCCCC(O)(CC(=O)[O-])C(=O)[O-].CCC[CH2][Sn+3]. The Kier molecular flexibility index (Phi) is 21.3. The van der Waals surface area contributed by atoms with Gasteiger partial charge in [0.05, 0.1) is 11.9 Å². The van der Waals surface area contributed by atoms with E-state index in [9.17, 15) is 49.8 Å². The van der Waals surface area contributed by atoms with Crippen molar-refractivity contribution in [2.45, 2.75) is 101 Å². The van der Waals surface area contributed by atoms with Gasteiger partial charge in [0.2, 0.25) is 0 Å². The molecule has 0 aliphatic heterocycles. The molecule has 0 heterocycles. The average molecular weight is 552 g/mol. The molecule has 2 unspecified atom stereocenters. The number of carbonyl (C=O) groups excluding carboxylic acids is 4. The predicted octanol–water partition coefficient (Wildman–Crippen LogP) is -3.03. The summed E-state index contributed by atoms with van der Waals surface area (Å²) < 4.78 is 1.43. The molecule has 2 N–H and O–H groups in total. The Bertz CT molecular complexity index is 494. The fourth-order valence-electron chi connectivity index (χ4n) is 2.12. The molecule has 31 heavy (non-hydrogen) atoms. The summed E-state index contributed by atoms with van der Waals surface area (Å²) in [6.07, 6.45) is 2.90. The number of rotatable bonds is 14. The van der Waals surface area contributed by atoms with Gasteiger partial charge in [0, 0.05) is 24.8 Å². The summed E-state index contributed by atoms with van der Waals surface area (Å²) in [5, 5.41) is 59.7. The normalized spacial score (nSPS) is 13.9. The third-order valence-electron chi connectivity index (χ3n) is 4.05. The fraction of sp³-hybridized carbons (Fsp3) is 0.800. The van der Waals surface area contributed by atoms with E-state index in [0.717, 1.165) is 0 Å². The van der Waals surface area contributed by atoms with E-state index in [2.05, 4.69) is 6.92 Å². The van der Waals surface area contributed by atoms with Crippen molar-refractivity contribution in [1.82, 2.24) is 0 Å². The zero-order valence-electron chi connectivity index (χ0n) is 18.4. The maximum absolute atomic E-state index is 10.4. The van der Waals surface area contributed by atoms with Crippen LogP contribution < -0.4 is 20.4 Å². The third kappa shape index (κ3) is 19.0. The second kappa shape index (κ2) is 19.3. The Labute approximate surface area is 196 Å². The monoisotopic (exact) mass is 553 g/mol. The van der Waals surface area contributed by atoms with Crippen LogP contribution in [-0.4, -0.2) is 67.8 Å². The van der Waals surface area contributed by atoms with Gasteiger partial charge >= 0.3 is 46.7 Å². The number of aliphatic hydroxyl groups is 2. The van der Waals surface area contributed by atoms with Gasteiger partial charge < -0.3 is 49.8 Å². The standard InChI is InChI=1S/2C8H14O5.C4H9.Sn/c2*1-2-3-4-8(13,7(11)12)5-6(9)10;1-3-4-2;/h2*13H,2-5H2,1H3,(H,9,10)(H,11,12);1,3-4H2,2H3;/q;;;+3/p-4. The van der Waals surface area contributed by atoms with Crippen LogP contribution in [0, 0.1) is 0 Å². The van der Waals surface area contributed by atoms with E-state index in [1.165, 1.54) is 17.3 Å². The van der Waals surface area contributed by atoms with Crippen molar-refractivity contribution in [2.75, 3.05) is 0 Å². The number of aliphatic carboxylic acids is 4. The second-order valence-corrected chi connectivity index (χ2v) is 8.47. The van der Waals surface area contributed by atoms with E-state index in [1.54, 1.807) is 36.4 Å². The molecule has 0 fully saturated rings. The molecular formula is C20H33O10Sn-. The first kappa shape index (κ1) is 34.2. The van der Waals surface area contributed by atoms with Crippen molar-refractivity contribution in [3.05, 3.63) is 0 Å². The number of carboxylic acids is 4. The third-order valence-corrected chi connectivity index (χ3v) is 5.06. The predicted molar refractivity (Wildman–Crippen MR) is 104 cm³/mol. The molecule has 0 saturated carbocycles. The van der Waals surface area contributed by atoms with Crippen LogP contribution in [0.3, 0.4) is 0 Å². The van der Waals surface area contributed by atoms with Crippen LogP contribution in [-0.2, 0) is 19.2 Å². The Morgan fingerprint density at radius 1 is 0.677 bits per heavy atom. The van der Waals surface area contributed by atoms with Gasteiger partial charge in [0.25, 0.3) is 0 Å². The first-order valence-corrected chi connectivity index (χ1v) is 12.2. The molecule has 178 valence electrons. The van der Waals surface area contributed by atoms with E-state index < -0.39 is 47.9 Å². The van der Waals surface area contributed by atoms with Gasteiger partial charge in [0.1, 0.15) is 11.2 Å². The molecule has 11 heteroatoms. The van der Waals surface area contributed by atoms with E-state index in [0.29, 0.717) is 25.7 Å². The Hall–Kier alpha value is -1.40. The molecule has 0 aliphatic rings. The molecule has 0 aromatic rings. The van der Waals surface area contributed by atoms with E-state index in [4.69, 9.17) is 0 Å². The molecule has 0 spiro atoms. The number of hydrogen-bond acceptors (Lipinski definition) is 10. The molecule has 0 bridgehead atoms. The fourth-order valence-corrected chi connectivity index (χ4v) is 3.13. The van der Waals surface area contributed by atoms with Gasteiger partial charge in [0.15, 0.2) is 0 Å². The van der Waals surface area contributed by atoms with E-state index in [1.807, 2.05) is 0 Å². The van der Waals surface area contributed by atoms with Crippen LogP contribution in [0.25, 0.3) is 0 Å². The van der Waals surface area contributed by atoms with E-state index >= 15 is 0 Å². The van der Waals surface area contributed by atoms with Crippen LogP contribution in [0.5, 0.6) is 0 Å². The topological polar surface area (TPSA) is 201 Å². The average Bonchev–Trinajstić information content (AvgIpc) is 2.65. The van der Waals surface area contributed by atoms with Crippen LogP contribution in [0.15, 0.2) is 0 Å². The summed E-state index contributed by atoms with van der Waals surface area (Å²) in [6, 6.07) is 0. The van der Waals surface area contributed by atoms with Crippen LogP contribution in [0.1, 0.15) is 85.0 Å². The molecule has 2 atom stereocenters. The summed E-state index contributed by atoms with van der Waals surface area (Å²) >= 11 is 1.68. The van der Waals surface area contributed by atoms with Gasteiger partial charge in [-0.25, -0.2) is 0 Å². The van der Waals surface area contributed by atoms with Gasteiger partial charge in [-0.15, -0.1) is 0 Å². The molecule has 0 aromatic carbocycles. The number of carbonyl (C=O) groups is 4. The van der Waals surface area contributed by atoms with Crippen molar-refractivity contribution in [3.63, 3.8) is 0 Å². The molecule has 0 amide bonds. The van der Waals surface area contributed by atoms with Gasteiger partial charge in [-0.2, -0.15) is 0 Å². The van der Waals surface area contributed by atoms with Crippen LogP contribution in [0.4, 0.5) is 0 Å². The molecule has 0 aromatic heterocycles. The van der Waals surface area contributed by atoms with Gasteiger partial charge in [-0.3, -0.25) is 0 Å². The first-order chi connectivity index (χ1) is 14.3. The maximum atomic E-state index is 10.4. The summed E-state index contributed by atoms with van der Waals surface area (Å²) in [6.45, 7) is 5.83. The zero-order chi connectivity index (χ0) is 25.1. The summed E-state index contributed by atoms with van der Waals surface area (Å²) in [5.41, 5.74) is -4.57. The molecule has 0 aliphatic carbocycles. The summed E-state index contributed by atoms with van der Waals surface area (Å²) in [4.78, 5) is 41.1. The minimum absolute atomic E-state index is 0.125. The number of unbranched alkanes of at least 4 members (excludes halogenated alkanes) is 3. The summed E-state index contributed by atoms with van der Waals surface area (Å²) in [5.74, 6) is -6.71. The van der Waals surface area contributed by atoms with Crippen molar-refractivity contribution in [1.29, 1.82) is 0 Å². The van der Waals surface area contributed by atoms with Crippen molar-refractivity contribution in [3.8, 4) is 0 Å². The van der Waals surface area contributed by atoms with Crippen molar-refractivity contribution >= 4 is 46.4 Å². The van der Waals surface area contributed by atoms with E-state index in [-0.39, 0.29) is 12.8 Å². The Balaban J connectivity index is -0.000000416. The molecular weight excluding hydrogens is 519 g/mol. The number of carboxylic acid groups (broad SMARTS) is 4. The molecule has 0 rings (SSSR count). The summed E-state index contributed by atoms with van der Waals surface area (Å²) in [7, 11) is 0. The Morgan fingerprint density at radius 2 is 0.968 bits per heavy atom. The number of hydrogen-bond donors (Lipinski definition) is 2. The molecule has 10 nitrogen and oxygen atoms in total. The van der Waals surface area contributed by atoms with Crippen LogP contribution >= 0.6 is 0 Å². The molecule has 0 radical (unpaired) electrons. The minimum atomic E-state index is -2.28. The zero-order valence-corrected chi connectivity index (χ0v) is 21.3. The quantitative estimate of drug-likeness (QED) is 0.209. The van der Waals surface area contributed by atoms with Crippen molar-refractivity contribution < 1.29 is 49.8 Å². The second-order valence-electron chi connectivity index (χ2n) is 7.05. The molecule has 0 saturated heterocycles. The first-order valence-electron chi connectivity index (χ1n) is 10.2. The van der Waals surface area contributed by atoms with Gasteiger partial charge in [-0.05, 0) is 12.8 Å².